The minimum atomic E-state index is -0.432. The lowest BCUT2D eigenvalue weighted by molar-refractivity contribution is -0.121. The maximum atomic E-state index is 11.3. The second-order valence-electron chi connectivity index (χ2n) is 4.20. The minimum absolute atomic E-state index is 0.0914. The normalized spacial score (nSPS) is 12.2. The zero-order valence-electron chi connectivity index (χ0n) is 10.2. The van der Waals surface area contributed by atoms with Crippen molar-refractivity contribution in [3.05, 3.63) is 34.9 Å². The van der Waals surface area contributed by atoms with Crippen molar-refractivity contribution in [1.29, 1.82) is 0 Å². The van der Waals surface area contributed by atoms with Gasteiger partial charge in [-0.3, -0.25) is 4.79 Å². The van der Waals surface area contributed by atoms with Crippen LogP contribution in [0.15, 0.2) is 18.2 Å². The lowest BCUT2D eigenvalue weighted by Crippen LogP contribution is -2.39. The van der Waals surface area contributed by atoms with E-state index in [0.717, 1.165) is 6.42 Å². The monoisotopic (exact) mass is 220 g/mol. The molecule has 0 saturated carbocycles. The Kier molecular flexibility index (Phi) is 4.50. The molecule has 1 aromatic carbocycles. The number of carbonyl (C=O) groups excluding carboxylic acids is 1. The molecule has 0 spiro atoms. The molecule has 1 aromatic rings. The Morgan fingerprint density at radius 3 is 2.44 bits per heavy atom. The summed E-state index contributed by atoms with van der Waals surface area (Å²) in [7, 11) is 0. The fourth-order valence-electron chi connectivity index (χ4n) is 1.72. The van der Waals surface area contributed by atoms with Crippen LogP contribution in [0.4, 0.5) is 0 Å². The SMILES string of the molecule is Cc1cccc(C)c1CCNC(=O)[C@@H](C)N. The standard InChI is InChI=1S/C13H20N2O/c1-9-5-4-6-10(2)12(9)7-8-15-13(16)11(3)14/h4-6,11H,7-8,14H2,1-3H3,(H,15,16)/t11-/m1/s1. The van der Waals surface area contributed by atoms with Crippen molar-refractivity contribution >= 4 is 5.91 Å². The van der Waals surface area contributed by atoms with E-state index in [2.05, 4.69) is 37.4 Å². The molecule has 3 heteroatoms. The molecule has 0 bridgehead atoms. The van der Waals surface area contributed by atoms with E-state index in [0.29, 0.717) is 6.54 Å². The van der Waals surface area contributed by atoms with Gasteiger partial charge in [0, 0.05) is 6.54 Å². The van der Waals surface area contributed by atoms with Crippen LogP contribution in [0.1, 0.15) is 23.6 Å². The summed E-state index contributed by atoms with van der Waals surface area (Å²) in [5, 5.41) is 2.82. The second-order valence-corrected chi connectivity index (χ2v) is 4.20. The van der Waals surface area contributed by atoms with Gasteiger partial charge in [0.2, 0.25) is 5.91 Å². The van der Waals surface area contributed by atoms with Gasteiger partial charge in [-0.25, -0.2) is 0 Å². The highest BCUT2D eigenvalue weighted by molar-refractivity contribution is 5.80. The van der Waals surface area contributed by atoms with Crippen LogP contribution in [0.3, 0.4) is 0 Å². The van der Waals surface area contributed by atoms with Gasteiger partial charge < -0.3 is 11.1 Å². The highest BCUT2D eigenvalue weighted by Gasteiger charge is 2.07. The minimum Gasteiger partial charge on any atom is -0.354 e. The van der Waals surface area contributed by atoms with E-state index in [9.17, 15) is 4.79 Å². The van der Waals surface area contributed by atoms with E-state index in [1.165, 1.54) is 16.7 Å². The van der Waals surface area contributed by atoms with Crippen molar-refractivity contribution in [3.63, 3.8) is 0 Å². The zero-order valence-corrected chi connectivity index (χ0v) is 10.2. The predicted molar refractivity (Wildman–Crippen MR) is 66.3 cm³/mol. The van der Waals surface area contributed by atoms with Gasteiger partial charge in [0.25, 0.3) is 0 Å². The summed E-state index contributed by atoms with van der Waals surface area (Å²) >= 11 is 0. The van der Waals surface area contributed by atoms with Crippen molar-refractivity contribution in [1.82, 2.24) is 5.32 Å². The van der Waals surface area contributed by atoms with E-state index in [1.807, 2.05) is 0 Å². The van der Waals surface area contributed by atoms with Crippen molar-refractivity contribution in [2.75, 3.05) is 6.54 Å². The maximum Gasteiger partial charge on any atom is 0.236 e. The summed E-state index contributed by atoms with van der Waals surface area (Å²) in [5.74, 6) is -0.0914. The molecule has 1 amide bonds. The molecular weight excluding hydrogens is 200 g/mol. The molecule has 0 heterocycles. The second kappa shape index (κ2) is 5.66. The number of amides is 1. The molecule has 0 unspecified atom stereocenters. The first-order valence-corrected chi connectivity index (χ1v) is 5.60. The fourth-order valence-corrected chi connectivity index (χ4v) is 1.72. The van der Waals surface area contributed by atoms with Crippen LogP contribution in [0.5, 0.6) is 0 Å². The number of carbonyl (C=O) groups is 1. The topological polar surface area (TPSA) is 55.1 Å². The summed E-state index contributed by atoms with van der Waals surface area (Å²) in [6, 6.07) is 5.80. The van der Waals surface area contributed by atoms with Crippen molar-refractivity contribution < 1.29 is 4.79 Å². The number of benzene rings is 1. The Hall–Kier alpha value is -1.35. The summed E-state index contributed by atoms with van der Waals surface area (Å²) in [5.41, 5.74) is 9.32. The van der Waals surface area contributed by atoms with Gasteiger partial charge >= 0.3 is 0 Å². The Balaban J connectivity index is 2.52. The molecule has 1 atom stereocenters. The van der Waals surface area contributed by atoms with E-state index in [1.54, 1.807) is 6.92 Å². The average molecular weight is 220 g/mol. The van der Waals surface area contributed by atoms with Gasteiger partial charge in [-0.2, -0.15) is 0 Å². The molecule has 0 saturated heterocycles. The Morgan fingerprint density at radius 1 is 1.38 bits per heavy atom. The highest BCUT2D eigenvalue weighted by atomic mass is 16.2. The Bertz CT molecular complexity index is 352. The molecule has 0 aliphatic carbocycles. The molecule has 3 nitrogen and oxygen atoms in total. The Morgan fingerprint density at radius 2 is 1.94 bits per heavy atom. The smallest absolute Gasteiger partial charge is 0.236 e. The summed E-state index contributed by atoms with van der Waals surface area (Å²) < 4.78 is 0. The van der Waals surface area contributed by atoms with E-state index in [4.69, 9.17) is 5.73 Å². The van der Waals surface area contributed by atoms with Crippen LogP contribution in [-0.4, -0.2) is 18.5 Å². The molecule has 3 N–H and O–H groups in total. The lowest BCUT2D eigenvalue weighted by atomic mass is 10.0. The zero-order chi connectivity index (χ0) is 12.1. The first-order valence-electron chi connectivity index (χ1n) is 5.60. The summed E-state index contributed by atoms with van der Waals surface area (Å²) in [6.45, 7) is 6.52. The molecule has 0 radical (unpaired) electrons. The van der Waals surface area contributed by atoms with Crippen molar-refractivity contribution in [2.45, 2.75) is 33.2 Å². The molecule has 0 fully saturated rings. The third-order valence-electron chi connectivity index (χ3n) is 2.73. The number of rotatable bonds is 4. The van der Waals surface area contributed by atoms with Crippen LogP contribution in [0.2, 0.25) is 0 Å². The van der Waals surface area contributed by atoms with Crippen LogP contribution >= 0.6 is 0 Å². The molecular formula is C13H20N2O. The molecule has 0 aliphatic rings. The predicted octanol–water partition coefficient (Wildman–Crippen LogP) is 1.31. The fraction of sp³-hybridized carbons (Fsp3) is 0.462. The number of aryl methyl sites for hydroxylation is 2. The van der Waals surface area contributed by atoms with Crippen LogP contribution < -0.4 is 11.1 Å². The first kappa shape index (κ1) is 12.7. The largest absolute Gasteiger partial charge is 0.354 e. The molecule has 16 heavy (non-hydrogen) atoms. The quantitative estimate of drug-likeness (QED) is 0.804. The van der Waals surface area contributed by atoms with Crippen LogP contribution in [0.25, 0.3) is 0 Å². The van der Waals surface area contributed by atoms with Gasteiger partial charge in [-0.05, 0) is 43.9 Å². The van der Waals surface area contributed by atoms with Crippen molar-refractivity contribution in [2.24, 2.45) is 5.73 Å². The highest BCUT2D eigenvalue weighted by Crippen LogP contribution is 2.13. The molecule has 1 rings (SSSR count). The first-order chi connectivity index (χ1) is 7.52. The Labute approximate surface area is 97.0 Å². The molecule has 88 valence electrons. The van der Waals surface area contributed by atoms with Crippen molar-refractivity contribution in [3.8, 4) is 0 Å². The van der Waals surface area contributed by atoms with Gasteiger partial charge in [0.15, 0.2) is 0 Å². The maximum absolute atomic E-state index is 11.3. The van der Waals surface area contributed by atoms with E-state index in [-0.39, 0.29) is 5.91 Å². The van der Waals surface area contributed by atoms with Gasteiger partial charge in [-0.1, -0.05) is 18.2 Å². The van der Waals surface area contributed by atoms with Gasteiger partial charge in [-0.15, -0.1) is 0 Å². The molecule has 0 aromatic heterocycles. The molecule has 0 aliphatic heterocycles. The summed E-state index contributed by atoms with van der Waals surface area (Å²) in [6.07, 6.45) is 0.858. The number of hydrogen-bond acceptors (Lipinski definition) is 2. The number of nitrogens with two attached hydrogens (primary N) is 1. The van der Waals surface area contributed by atoms with Gasteiger partial charge in [0.1, 0.15) is 0 Å². The number of nitrogens with one attached hydrogen (secondary N) is 1. The van der Waals surface area contributed by atoms with E-state index >= 15 is 0 Å². The van der Waals surface area contributed by atoms with Crippen LogP contribution in [0, 0.1) is 13.8 Å². The lowest BCUT2D eigenvalue weighted by Gasteiger charge is -2.11. The van der Waals surface area contributed by atoms with Gasteiger partial charge in [0.05, 0.1) is 6.04 Å². The average Bonchev–Trinajstić information content (AvgIpc) is 2.22. The number of hydrogen-bond donors (Lipinski definition) is 2. The third kappa shape index (κ3) is 3.35. The summed E-state index contributed by atoms with van der Waals surface area (Å²) in [4.78, 5) is 11.3. The van der Waals surface area contributed by atoms with E-state index < -0.39 is 6.04 Å². The third-order valence-corrected chi connectivity index (χ3v) is 2.73. The van der Waals surface area contributed by atoms with Crippen LogP contribution in [-0.2, 0) is 11.2 Å².